The van der Waals surface area contributed by atoms with Gasteiger partial charge in [0.25, 0.3) is 0 Å². The minimum Gasteiger partial charge on any atom is -0.467 e. The third-order valence-electron chi connectivity index (χ3n) is 9.50. The van der Waals surface area contributed by atoms with E-state index < -0.39 is 101 Å². The second-order valence-corrected chi connectivity index (χ2v) is 16.4. The van der Waals surface area contributed by atoms with Gasteiger partial charge in [0, 0.05) is 19.8 Å². The molecule has 2 unspecified atom stereocenters. The zero-order chi connectivity index (χ0) is 39.1. The maximum absolute atomic E-state index is 14.4. The minimum atomic E-state index is -3.08. The van der Waals surface area contributed by atoms with E-state index in [0.717, 1.165) is 14.0 Å². The number of amides is 4. The van der Waals surface area contributed by atoms with Crippen molar-refractivity contribution >= 4 is 60.2 Å². The van der Waals surface area contributed by atoms with Gasteiger partial charge >= 0.3 is 19.2 Å². The molecule has 1 aromatic carbocycles. The normalized spacial score (nSPS) is 19.2. The number of carbonyl (C=O) groups is 6. The molecule has 1 aliphatic rings. The fourth-order valence-electron chi connectivity index (χ4n) is 6.01. The van der Waals surface area contributed by atoms with Gasteiger partial charge in [0.05, 0.1) is 13.7 Å². The molecule has 0 heterocycles. The Hall–Kier alpha value is -3.34. The van der Waals surface area contributed by atoms with Gasteiger partial charge in [-0.3, -0.25) is 29.3 Å². The smallest absolute Gasteiger partial charge is 0.410 e. The molecule has 2 rings (SSSR count). The Labute approximate surface area is 315 Å². The van der Waals surface area contributed by atoms with Crippen molar-refractivity contribution in [3.8, 4) is 0 Å². The number of aliphatic hydroxyl groups excluding tert-OH is 1. The largest absolute Gasteiger partial charge is 0.467 e. The summed E-state index contributed by atoms with van der Waals surface area (Å²) in [5.74, 6) is -6.52. The van der Waals surface area contributed by atoms with Crippen molar-refractivity contribution < 1.29 is 48.3 Å². The SMILES string of the molecule is Br.COC(=O)[C@@H](NC(=O)[C@](N)(C(=O)C1([P+](=O)C(C)(O)NC(=O)[C@H](C)NC(=O)[C@H](C)NC(=O)[C@@](N)(CO)c2ccccc2)CCCC1)C(C)C)C(C)C. The summed E-state index contributed by atoms with van der Waals surface area (Å²) in [7, 11) is -1.93. The zero-order valence-electron chi connectivity index (χ0n) is 31.0. The summed E-state index contributed by atoms with van der Waals surface area (Å²) in [5, 5.41) is 29.1. The molecule has 1 saturated carbocycles. The highest BCUT2D eigenvalue weighted by Crippen LogP contribution is 2.58. The van der Waals surface area contributed by atoms with Gasteiger partial charge in [0.1, 0.15) is 23.7 Å². The number of aliphatic hydroxyl groups is 2. The number of methoxy groups -OCH3 is 1. The van der Waals surface area contributed by atoms with Gasteiger partial charge in [0.15, 0.2) is 5.54 Å². The van der Waals surface area contributed by atoms with Crippen LogP contribution in [0.2, 0.25) is 0 Å². The van der Waals surface area contributed by atoms with Gasteiger partial charge < -0.3 is 42.4 Å². The molecule has 7 atom stereocenters. The third kappa shape index (κ3) is 9.79. The van der Waals surface area contributed by atoms with Crippen molar-refractivity contribution in [2.75, 3.05) is 13.7 Å². The van der Waals surface area contributed by atoms with Crippen molar-refractivity contribution in [1.82, 2.24) is 21.3 Å². The van der Waals surface area contributed by atoms with Crippen LogP contribution < -0.4 is 32.7 Å². The van der Waals surface area contributed by atoms with Crippen LogP contribution in [0.3, 0.4) is 0 Å². The number of hydrogen-bond donors (Lipinski definition) is 8. The number of benzene rings is 1. The molecular formula is C34H55BrN6O10P+. The number of hydrogen-bond acceptors (Lipinski definition) is 12. The van der Waals surface area contributed by atoms with Gasteiger partial charge in [-0.1, -0.05) is 62.6 Å². The van der Waals surface area contributed by atoms with E-state index in [-0.39, 0.29) is 29.8 Å². The number of rotatable bonds is 17. The van der Waals surface area contributed by atoms with E-state index in [1.165, 1.54) is 27.7 Å². The molecule has 0 radical (unpaired) electrons. The Bertz CT molecular complexity index is 1490. The summed E-state index contributed by atoms with van der Waals surface area (Å²) in [6, 6.07) is 4.37. The Balaban J connectivity index is 0.0000135. The summed E-state index contributed by atoms with van der Waals surface area (Å²) in [6.45, 7) is 9.31. The van der Waals surface area contributed by atoms with Crippen molar-refractivity contribution in [2.45, 2.75) is 114 Å². The molecular weight excluding hydrogens is 763 g/mol. The van der Waals surface area contributed by atoms with Crippen LogP contribution in [0.15, 0.2) is 30.3 Å². The van der Waals surface area contributed by atoms with Crippen LogP contribution in [-0.4, -0.2) is 93.6 Å². The first kappa shape index (κ1) is 46.7. The van der Waals surface area contributed by atoms with Crippen molar-refractivity contribution in [1.29, 1.82) is 0 Å². The number of esters is 1. The van der Waals surface area contributed by atoms with E-state index in [2.05, 4.69) is 21.3 Å². The molecule has 0 spiro atoms. The molecule has 18 heteroatoms. The first-order chi connectivity index (χ1) is 23.6. The third-order valence-corrected chi connectivity index (χ3v) is 11.8. The van der Waals surface area contributed by atoms with E-state index in [0.29, 0.717) is 18.4 Å². The summed E-state index contributed by atoms with van der Waals surface area (Å²) in [4.78, 5) is 79.7. The summed E-state index contributed by atoms with van der Waals surface area (Å²) < 4.78 is 19.1. The Morgan fingerprint density at radius 3 is 1.87 bits per heavy atom. The average molecular weight is 819 g/mol. The number of ether oxygens (including phenoxy) is 1. The second kappa shape index (κ2) is 18.6. The lowest BCUT2D eigenvalue weighted by Crippen LogP contribution is -2.69. The molecule has 0 aromatic heterocycles. The number of ketones is 1. The molecule has 1 fully saturated rings. The molecule has 1 aliphatic carbocycles. The van der Waals surface area contributed by atoms with Crippen LogP contribution in [0.4, 0.5) is 0 Å². The van der Waals surface area contributed by atoms with Crippen LogP contribution in [-0.2, 0) is 43.6 Å². The fraction of sp³-hybridized carbons (Fsp3) is 0.647. The molecule has 0 saturated heterocycles. The Morgan fingerprint density at radius 2 is 1.40 bits per heavy atom. The first-order valence-corrected chi connectivity index (χ1v) is 18.1. The number of Topliss-reactive ketones (excluding diaryl/α,β-unsaturated/α-hetero) is 1. The van der Waals surface area contributed by atoms with E-state index in [1.54, 1.807) is 44.2 Å². The summed E-state index contributed by atoms with van der Waals surface area (Å²) in [5.41, 5.74) is 6.41. The number of carbonyl (C=O) groups excluding carboxylic acids is 6. The van der Waals surface area contributed by atoms with E-state index in [4.69, 9.17) is 16.2 Å². The van der Waals surface area contributed by atoms with Gasteiger partial charge in [-0.25, -0.2) is 4.79 Å². The predicted octanol–water partition coefficient (Wildman–Crippen LogP) is 0.579. The van der Waals surface area contributed by atoms with Crippen molar-refractivity contribution in [3.05, 3.63) is 35.9 Å². The molecule has 4 amide bonds. The van der Waals surface area contributed by atoms with Crippen molar-refractivity contribution in [3.63, 3.8) is 0 Å². The average Bonchev–Trinajstić information content (AvgIpc) is 3.59. The van der Waals surface area contributed by atoms with Gasteiger partial charge in [0.2, 0.25) is 34.6 Å². The predicted molar refractivity (Wildman–Crippen MR) is 198 cm³/mol. The zero-order valence-corrected chi connectivity index (χ0v) is 33.6. The summed E-state index contributed by atoms with van der Waals surface area (Å²) in [6.07, 6.45) is 0.841. The van der Waals surface area contributed by atoms with E-state index >= 15 is 0 Å². The van der Waals surface area contributed by atoms with Crippen molar-refractivity contribution in [2.24, 2.45) is 23.3 Å². The van der Waals surface area contributed by atoms with E-state index in [1.807, 2.05) is 0 Å². The Morgan fingerprint density at radius 1 is 0.885 bits per heavy atom. The highest BCUT2D eigenvalue weighted by Gasteiger charge is 2.70. The fourth-order valence-corrected chi connectivity index (χ4v) is 8.15. The lowest BCUT2D eigenvalue weighted by molar-refractivity contribution is -0.149. The lowest BCUT2D eigenvalue weighted by atomic mass is 9.76. The maximum atomic E-state index is 14.4. The quantitative estimate of drug-likeness (QED) is 0.0465. The molecule has 0 bridgehead atoms. The van der Waals surface area contributed by atoms with E-state index in [9.17, 15) is 43.5 Å². The highest BCUT2D eigenvalue weighted by atomic mass is 79.9. The first-order valence-electron chi connectivity index (χ1n) is 16.9. The van der Waals surface area contributed by atoms with Crippen LogP contribution in [0.25, 0.3) is 0 Å². The molecule has 0 aliphatic heterocycles. The van der Waals surface area contributed by atoms with Crippen LogP contribution in [0.1, 0.15) is 79.7 Å². The number of nitrogens with one attached hydrogen (secondary N) is 4. The monoisotopic (exact) mass is 817 g/mol. The van der Waals surface area contributed by atoms with Gasteiger partial charge in [-0.2, -0.15) is 0 Å². The standard InChI is InChI=1S/C34H53N6O10P.BrH/c1-19(2)24(27(44)50-8)39-30(47)34(36,20(3)4)28(45)32(16-12-13-17-32)51(49)31(7,48)40-26(43)22(6)37-25(42)21(5)38-29(46)33(35,18-41)23-14-10-9-11-15-23;/h9-11,14-15,19-22,24,41,48H,12-13,16-18,35-36H2,1-8H3,(H3-,37,38,39,40,42,43,46,47);1H/p+1/t21-,22-,24-,31?,33+,34+;/m0./s1. The molecule has 1 aromatic rings. The molecule has 16 nitrogen and oxygen atoms in total. The number of halogens is 1. The highest BCUT2D eigenvalue weighted by molar-refractivity contribution is 8.93. The van der Waals surface area contributed by atoms with Crippen LogP contribution >= 0.6 is 24.8 Å². The lowest BCUT2D eigenvalue weighted by Gasteiger charge is -2.36. The van der Waals surface area contributed by atoms with Gasteiger partial charge in [-0.15, -0.1) is 17.0 Å². The summed E-state index contributed by atoms with van der Waals surface area (Å²) >= 11 is 0. The maximum Gasteiger partial charge on any atom is 0.410 e. The molecule has 292 valence electrons. The number of nitrogens with two attached hydrogens (primary N) is 2. The topological polar surface area (TPSA) is 269 Å². The van der Waals surface area contributed by atoms with Gasteiger partial charge in [-0.05, 0) is 44.1 Å². The van der Waals surface area contributed by atoms with Crippen LogP contribution in [0.5, 0.6) is 0 Å². The Kier molecular flexibility index (Phi) is 16.7. The molecule has 52 heavy (non-hydrogen) atoms. The molecule has 10 N–H and O–H groups in total. The minimum absolute atomic E-state index is 0. The second-order valence-electron chi connectivity index (χ2n) is 14.0. The van der Waals surface area contributed by atoms with Crippen LogP contribution in [0, 0.1) is 11.8 Å².